The highest BCUT2D eigenvalue weighted by molar-refractivity contribution is 5.52. The number of nitrogens with one attached hydrogen (secondary N) is 1. The lowest BCUT2D eigenvalue weighted by atomic mass is 10.2. The van der Waals surface area contributed by atoms with E-state index in [1.807, 2.05) is 6.92 Å². The van der Waals surface area contributed by atoms with E-state index in [2.05, 4.69) is 15.3 Å². The van der Waals surface area contributed by atoms with Crippen LogP contribution in [0.25, 0.3) is 0 Å². The third-order valence-corrected chi connectivity index (χ3v) is 2.82. The molecule has 1 aromatic carbocycles. The second kappa shape index (κ2) is 6.12. The average molecular weight is 292 g/mol. The molecule has 1 heterocycles. The van der Waals surface area contributed by atoms with Crippen molar-refractivity contribution in [3.63, 3.8) is 0 Å². The second-order valence-corrected chi connectivity index (χ2v) is 4.08. The van der Waals surface area contributed by atoms with Crippen molar-refractivity contribution in [3.8, 4) is 11.6 Å². The van der Waals surface area contributed by atoms with Crippen molar-refractivity contribution < 1.29 is 14.1 Å². The van der Waals surface area contributed by atoms with Crippen LogP contribution >= 0.6 is 0 Å². The van der Waals surface area contributed by atoms with Gasteiger partial charge in [-0.15, -0.1) is 0 Å². The van der Waals surface area contributed by atoms with Crippen LogP contribution in [-0.2, 0) is 6.42 Å². The molecule has 1 N–H and O–H groups in total. The molecule has 1 aromatic heterocycles. The van der Waals surface area contributed by atoms with Gasteiger partial charge in [-0.05, 0) is 18.6 Å². The lowest BCUT2D eigenvalue weighted by Crippen LogP contribution is -2.03. The van der Waals surface area contributed by atoms with Gasteiger partial charge in [0.15, 0.2) is 0 Å². The average Bonchev–Trinajstić information content (AvgIpc) is 2.48. The van der Waals surface area contributed by atoms with Gasteiger partial charge in [0, 0.05) is 7.05 Å². The zero-order valence-corrected chi connectivity index (χ0v) is 11.5. The Morgan fingerprint density at radius 2 is 2.19 bits per heavy atom. The summed E-state index contributed by atoms with van der Waals surface area (Å²) in [6.07, 6.45) is 1.86. The van der Waals surface area contributed by atoms with Crippen LogP contribution in [0.3, 0.4) is 0 Å². The van der Waals surface area contributed by atoms with E-state index in [1.54, 1.807) is 7.05 Å². The Balaban J connectivity index is 2.46. The van der Waals surface area contributed by atoms with Gasteiger partial charge >= 0.3 is 5.69 Å². The summed E-state index contributed by atoms with van der Waals surface area (Å²) >= 11 is 0. The summed E-state index contributed by atoms with van der Waals surface area (Å²) in [5.41, 5.74) is 0.222. The zero-order valence-electron chi connectivity index (χ0n) is 11.5. The summed E-state index contributed by atoms with van der Waals surface area (Å²) in [5, 5.41) is 13.8. The first-order valence-electron chi connectivity index (χ1n) is 6.20. The molecule has 8 heteroatoms. The van der Waals surface area contributed by atoms with Gasteiger partial charge in [0.1, 0.15) is 18.0 Å². The van der Waals surface area contributed by atoms with Gasteiger partial charge < -0.3 is 10.1 Å². The molecule has 2 aromatic rings. The van der Waals surface area contributed by atoms with E-state index in [0.717, 1.165) is 12.1 Å². The summed E-state index contributed by atoms with van der Waals surface area (Å²) in [5.74, 6) is -0.000887. The Hall–Kier alpha value is -2.77. The van der Waals surface area contributed by atoms with Gasteiger partial charge in [-0.25, -0.2) is 14.4 Å². The molecule has 0 saturated carbocycles. The van der Waals surface area contributed by atoms with Gasteiger partial charge in [-0.1, -0.05) is 6.92 Å². The number of nitro benzene ring substituents is 1. The fraction of sp³-hybridized carbons (Fsp3) is 0.231. The Kier molecular flexibility index (Phi) is 4.27. The number of nitrogens with zero attached hydrogens (tertiary/aromatic N) is 3. The van der Waals surface area contributed by atoms with E-state index in [0.29, 0.717) is 17.8 Å². The maximum absolute atomic E-state index is 13.1. The Morgan fingerprint density at radius 1 is 1.43 bits per heavy atom. The van der Waals surface area contributed by atoms with E-state index < -0.39 is 16.4 Å². The standard InChI is InChI=1S/C13H13FN4O3/c1-3-9-12(15-2)16-7-17-13(9)21-11-5-4-8(14)6-10(11)18(19)20/h4-7H,3H2,1-2H3,(H,15,16,17). The summed E-state index contributed by atoms with van der Waals surface area (Å²) in [4.78, 5) is 18.3. The number of halogens is 1. The second-order valence-electron chi connectivity index (χ2n) is 4.08. The number of anilines is 1. The van der Waals surface area contributed by atoms with Crippen molar-refractivity contribution in [1.29, 1.82) is 0 Å². The number of ether oxygens (including phenoxy) is 1. The SMILES string of the molecule is CCc1c(NC)ncnc1Oc1ccc(F)cc1[N+](=O)[O-]. The highest BCUT2D eigenvalue weighted by atomic mass is 19.1. The van der Waals surface area contributed by atoms with Crippen LogP contribution in [0.2, 0.25) is 0 Å². The van der Waals surface area contributed by atoms with Crippen LogP contribution in [-0.4, -0.2) is 21.9 Å². The van der Waals surface area contributed by atoms with Crippen molar-refractivity contribution in [3.05, 3.63) is 46.0 Å². The predicted octanol–water partition coefficient (Wildman–Crippen LogP) is 2.92. The minimum Gasteiger partial charge on any atom is -0.431 e. The quantitative estimate of drug-likeness (QED) is 0.673. The van der Waals surface area contributed by atoms with E-state index in [4.69, 9.17) is 4.74 Å². The monoisotopic (exact) mass is 292 g/mol. The van der Waals surface area contributed by atoms with Crippen molar-refractivity contribution in [1.82, 2.24) is 9.97 Å². The molecule has 7 nitrogen and oxygen atoms in total. The molecule has 2 rings (SSSR count). The zero-order chi connectivity index (χ0) is 15.4. The summed E-state index contributed by atoms with van der Waals surface area (Å²) in [6.45, 7) is 1.88. The Morgan fingerprint density at radius 3 is 2.81 bits per heavy atom. The van der Waals surface area contributed by atoms with Crippen LogP contribution in [0.1, 0.15) is 12.5 Å². The van der Waals surface area contributed by atoms with Gasteiger partial charge in [-0.2, -0.15) is 0 Å². The molecule has 0 bridgehead atoms. The third kappa shape index (κ3) is 3.04. The molecule has 0 saturated heterocycles. The number of rotatable bonds is 5. The van der Waals surface area contributed by atoms with Gasteiger partial charge in [0.2, 0.25) is 11.6 Å². The molecular formula is C13H13FN4O3. The highest BCUT2D eigenvalue weighted by Gasteiger charge is 2.19. The summed E-state index contributed by atoms with van der Waals surface area (Å²) in [6, 6.07) is 3.10. The fourth-order valence-electron chi connectivity index (χ4n) is 1.84. The lowest BCUT2D eigenvalue weighted by Gasteiger charge is -2.11. The predicted molar refractivity (Wildman–Crippen MR) is 74.1 cm³/mol. The van der Waals surface area contributed by atoms with E-state index >= 15 is 0 Å². The first-order chi connectivity index (χ1) is 10.1. The van der Waals surface area contributed by atoms with Crippen molar-refractivity contribution >= 4 is 11.5 Å². The summed E-state index contributed by atoms with van der Waals surface area (Å²) in [7, 11) is 1.70. The molecule has 0 aliphatic heterocycles. The normalized spacial score (nSPS) is 10.2. The molecule has 0 aliphatic carbocycles. The number of aromatic nitrogens is 2. The number of hydrogen-bond acceptors (Lipinski definition) is 6. The van der Waals surface area contributed by atoms with Crippen LogP contribution in [0.15, 0.2) is 24.5 Å². The first-order valence-corrected chi connectivity index (χ1v) is 6.20. The molecule has 0 radical (unpaired) electrons. The number of hydrogen-bond donors (Lipinski definition) is 1. The highest BCUT2D eigenvalue weighted by Crippen LogP contribution is 2.33. The molecule has 0 atom stereocenters. The summed E-state index contributed by atoms with van der Waals surface area (Å²) < 4.78 is 18.6. The van der Waals surface area contributed by atoms with Crippen molar-refractivity contribution in [2.24, 2.45) is 0 Å². The third-order valence-electron chi connectivity index (χ3n) is 2.82. The van der Waals surface area contributed by atoms with Crippen LogP contribution in [0.5, 0.6) is 11.6 Å². The van der Waals surface area contributed by atoms with Crippen LogP contribution < -0.4 is 10.1 Å². The topological polar surface area (TPSA) is 90.2 Å². The minimum atomic E-state index is -0.705. The smallest absolute Gasteiger partial charge is 0.314 e. The molecule has 0 spiro atoms. The fourth-order valence-corrected chi connectivity index (χ4v) is 1.84. The maximum Gasteiger partial charge on any atom is 0.314 e. The maximum atomic E-state index is 13.1. The Labute approximate surface area is 120 Å². The molecule has 0 unspecified atom stereocenters. The van der Waals surface area contributed by atoms with Gasteiger partial charge in [-0.3, -0.25) is 10.1 Å². The van der Waals surface area contributed by atoms with Crippen LogP contribution in [0.4, 0.5) is 15.9 Å². The van der Waals surface area contributed by atoms with Crippen molar-refractivity contribution in [2.45, 2.75) is 13.3 Å². The van der Waals surface area contributed by atoms with E-state index in [9.17, 15) is 14.5 Å². The van der Waals surface area contributed by atoms with E-state index in [1.165, 1.54) is 12.4 Å². The van der Waals surface area contributed by atoms with Gasteiger partial charge in [0.05, 0.1) is 16.6 Å². The number of benzene rings is 1. The molecular weight excluding hydrogens is 279 g/mol. The Bertz CT molecular complexity index is 678. The molecule has 0 amide bonds. The molecule has 0 aliphatic rings. The molecule has 0 fully saturated rings. The molecule has 110 valence electrons. The van der Waals surface area contributed by atoms with Gasteiger partial charge in [0.25, 0.3) is 0 Å². The minimum absolute atomic E-state index is 0.0724. The lowest BCUT2D eigenvalue weighted by molar-refractivity contribution is -0.385. The largest absolute Gasteiger partial charge is 0.431 e. The van der Waals surface area contributed by atoms with Crippen LogP contribution in [0, 0.1) is 15.9 Å². The molecule has 21 heavy (non-hydrogen) atoms. The van der Waals surface area contributed by atoms with Crippen molar-refractivity contribution in [2.75, 3.05) is 12.4 Å². The number of nitro groups is 1. The van der Waals surface area contributed by atoms with E-state index in [-0.39, 0.29) is 11.6 Å². The first kappa shape index (κ1) is 14.6.